The minimum absolute atomic E-state index is 0.0196. The van der Waals surface area contributed by atoms with E-state index in [-0.39, 0.29) is 29.4 Å². The topological polar surface area (TPSA) is 153 Å². The Labute approximate surface area is 214 Å². The first-order valence-electron chi connectivity index (χ1n) is 11.9. The van der Waals surface area contributed by atoms with Crippen molar-refractivity contribution in [3.8, 4) is 0 Å². The molecule has 1 fully saturated rings. The molecule has 2 atom stereocenters. The number of furan rings is 1. The van der Waals surface area contributed by atoms with Gasteiger partial charge in [0.25, 0.3) is 5.91 Å². The number of aromatic nitrogens is 1. The summed E-state index contributed by atoms with van der Waals surface area (Å²) in [7, 11) is -4.21. The predicted molar refractivity (Wildman–Crippen MR) is 133 cm³/mol. The third-order valence-electron chi connectivity index (χ3n) is 6.22. The maximum absolute atomic E-state index is 13.1. The minimum Gasteiger partial charge on any atom is -0.618 e. The normalized spacial score (nSPS) is 17.9. The van der Waals surface area contributed by atoms with E-state index in [0.717, 1.165) is 15.9 Å². The van der Waals surface area contributed by atoms with Crippen LogP contribution in [0.15, 0.2) is 64.2 Å². The Balaban J connectivity index is 1.44. The number of amides is 2. The number of hydrogen-bond acceptors (Lipinski definition) is 7. The highest BCUT2D eigenvalue weighted by atomic mass is 32.2. The molecule has 2 amide bonds. The molecule has 0 radical (unpaired) electrons. The molecule has 3 aromatic rings. The molecule has 0 bridgehead atoms. The molecule has 12 heteroatoms. The van der Waals surface area contributed by atoms with E-state index in [4.69, 9.17) is 4.42 Å². The van der Waals surface area contributed by atoms with Crippen molar-refractivity contribution in [3.63, 3.8) is 0 Å². The predicted octanol–water partition coefficient (Wildman–Crippen LogP) is 1.36. The molecular weight excluding hydrogens is 500 g/mol. The molecule has 1 saturated heterocycles. The van der Waals surface area contributed by atoms with Crippen molar-refractivity contribution in [1.29, 1.82) is 0 Å². The Hall–Kier alpha value is -3.77. The third kappa shape index (κ3) is 5.65. The molecule has 1 aromatic carbocycles. The first-order chi connectivity index (χ1) is 17.6. The fraction of sp³-hybridized carbons (Fsp3) is 0.360. The quantitative estimate of drug-likeness (QED) is 0.347. The number of Topliss-reactive ketones (excluding diaryl/α,β-unsaturated/α-hetero) is 1. The van der Waals surface area contributed by atoms with Gasteiger partial charge >= 0.3 is 15.0 Å². The molecule has 0 aliphatic carbocycles. The Morgan fingerprint density at radius 2 is 1.89 bits per heavy atom. The minimum atomic E-state index is -4.21. The molecule has 1 aliphatic heterocycles. The molecule has 2 unspecified atom stereocenters. The summed E-state index contributed by atoms with van der Waals surface area (Å²) in [6.07, 6.45) is 1.58. The maximum Gasteiger partial charge on any atom is 0.323 e. The number of sulfonamides is 1. The summed E-state index contributed by atoms with van der Waals surface area (Å²) in [4.78, 5) is 38.9. The average Bonchev–Trinajstić information content (AvgIpc) is 3.21. The van der Waals surface area contributed by atoms with Crippen LogP contribution in [0.4, 0.5) is 0 Å². The molecule has 11 nitrogen and oxygen atoms in total. The number of pyridine rings is 1. The summed E-state index contributed by atoms with van der Waals surface area (Å²) in [5, 5.41) is 17.6. The smallest absolute Gasteiger partial charge is 0.323 e. The Morgan fingerprint density at radius 1 is 1.16 bits per heavy atom. The van der Waals surface area contributed by atoms with Crippen LogP contribution in [0.2, 0.25) is 0 Å². The highest BCUT2D eigenvalue weighted by Gasteiger charge is 2.37. The first-order valence-corrected chi connectivity index (χ1v) is 13.3. The molecular formula is C25H28N4O7S. The number of fused-ring (bicyclic) bond motifs is 1. The van der Waals surface area contributed by atoms with Gasteiger partial charge in [-0.05, 0) is 37.0 Å². The molecule has 2 N–H and O–H groups in total. The first kappa shape index (κ1) is 26.3. The fourth-order valence-corrected chi connectivity index (χ4v) is 5.67. The standard InChI is InChI=1S/C25H28N4O7S/c1-16(2)23(27-24(31)21-14-17-8-3-4-10-20(17)36-21)25(32)26-18-9-7-12-28(15-19(18)30)37(34,35)22-11-5-6-13-29(22)33/h3-6,8,10-11,13-14,16,18,23H,7,9,12,15H2,1-2H3,(H,26,32)(H,27,31). The van der Waals surface area contributed by atoms with Crippen molar-refractivity contribution in [3.05, 3.63) is 65.7 Å². The van der Waals surface area contributed by atoms with Gasteiger partial charge in [-0.2, -0.15) is 9.04 Å². The lowest BCUT2D eigenvalue weighted by Crippen LogP contribution is -2.54. The van der Waals surface area contributed by atoms with E-state index in [1.807, 2.05) is 6.07 Å². The molecule has 37 heavy (non-hydrogen) atoms. The number of hydrogen-bond donors (Lipinski definition) is 2. The zero-order chi connectivity index (χ0) is 26.7. The van der Waals surface area contributed by atoms with Crippen LogP contribution >= 0.6 is 0 Å². The number of ketones is 1. The van der Waals surface area contributed by atoms with Crippen LogP contribution in [0.1, 0.15) is 37.2 Å². The molecule has 196 valence electrons. The van der Waals surface area contributed by atoms with Crippen molar-refractivity contribution < 1.29 is 31.9 Å². The van der Waals surface area contributed by atoms with Crippen molar-refractivity contribution in [2.24, 2.45) is 5.92 Å². The summed E-state index contributed by atoms with van der Waals surface area (Å²) in [5.74, 6) is -1.88. The van der Waals surface area contributed by atoms with Crippen molar-refractivity contribution in [2.45, 2.75) is 43.8 Å². The number of nitrogens with zero attached hydrogens (tertiary/aromatic N) is 2. The highest BCUT2D eigenvalue weighted by molar-refractivity contribution is 7.89. The number of carbonyl (C=O) groups is 3. The SMILES string of the molecule is CC(C)C(NC(=O)c1cc2ccccc2o1)C(=O)NC1CCCN(S(=O)(=O)c2cccc[n+]2[O-])CC1=O. The van der Waals surface area contributed by atoms with Crippen molar-refractivity contribution in [1.82, 2.24) is 14.9 Å². The van der Waals surface area contributed by atoms with Crippen LogP contribution in [-0.4, -0.2) is 55.5 Å². The van der Waals surface area contributed by atoms with Gasteiger partial charge in [0, 0.05) is 24.1 Å². The summed E-state index contributed by atoms with van der Waals surface area (Å²) in [5.41, 5.74) is 0.541. The van der Waals surface area contributed by atoms with Crippen LogP contribution in [0.25, 0.3) is 11.0 Å². The van der Waals surface area contributed by atoms with Gasteiger partial charge in [0.1, 0.15) is 11.6 Å². The molecule has 4 rings (SSSR count). The lowest BCUT2D eigenvalue weighted by molar-refractivity contribution is -0.646. The Bertz CT molecular complexity index is 1400. The van der Waals surface area contributed by atoms with Gasteiger partial charge in [-0.25, -0.2) is 8.42 Å². The van der Waals surface area contributed by atoms with Crippen LogP contribution < -0.4 is 15.4 Å². The summed E-state index contributed by atoms with van der Waals surface area (Å²) >= 11 is 0. The Morgan fingerprint density at radius 3 is 2.59 bits per heavy atom. The van der Waals surface area contributed by atoms with Gasteiger partial charge in [-0.1, -0.05) is 32.0 Å². The zero-order valence-electron chi connectivity index (χ0n) is 20.4. The van der Waals surface area contributed by atoms with E-state index in [1.54, 1.807) is 38.1 Å². The largest absolute Gasteiger partial charge is 0.618 e. The molecule has 1 aliphatic rings. The molecule has 2 aromatic heterocycles. The number of rotatable bonds is 7. The van der Waals surface area contributed by atoms with Crippen molar-refractivity contribution >= 4 is 38.6 Å². The van der Waals surface area contributed by atoms with E-state index in [0.29, 0.717) is 12.0 Å². The van der Waals surface area contributed by atoms with Gasteiger partial charge < -0.3 is 20.3 Å². The number of para-hydroxylation sites is 1. The van der Waals surface area contributed by atoms with Gasteiger partial charge in [-0.15, -0.1) is 0 Å². The van der Waals surface area contributed by atoms with E-state index >= 15 is 0 Å². The van der Waals surface area contributed by atoms with Crippen molar-refractivity contribution in [2.75, 3.05) is 13.1 Å². The fourth-order valence-electron chi connectivity index (χ4n) is 4.20. The van der Waals surface area contributed by atoms with E-state index in [1.165, 1.54) is 18.2 Å². The molecule has 3 heterocycles. The Kier molecular flexibility index (Phi) is 7.60. The highest BCUT2D eigenvalue weighted by Crippen LogP contribution is 2.20. The monoisotopic (exact) mass is 528 g/mol. The summed E-state index contributed by atoms with van der Waals surface area (Å²) < 4.78 is 32.7. The zero-order valence-corrected chi connectivity index (χ0v) is 21.2. The second kappa shape index (κ2) is 10.7. The lowest BCUT2D eigenvalue weighted by Gasteiger charge is -2.24. The number of carbonyl (C=O) groups excluding carboxylic acids is 3. The van der Waals surface area contributed by atoms with Crippen LogP contribution in [0, 0.1) is 11.1 Å². The van der Waals surface area contributed by atoms with E-state index in [2.05, 4.69) is 10.6 Å². The van der Waals surface area contributed by atoms with Gasteiger partial charge in [0.05, 0.1) is 12.6 Å². The average molecular weight is 529 g/mol. The second-order valence-electron chi connectivity index (χ2n) is 9.22. The molecule has 0 saturated carbocycles. The van der Waals surface area contributed by atoms with Gasteiger partial charge in [0.15, 0.2) is 17.7 Å². The number of benzene rings is 1. The van der Waals surface area contributed by atoms with Crippen LogP contribution in [0.5, 0.6) is 0 Å². The van der Waals surface area contributed by atoms with Gasteiger partial charge in [0.2, 0.25) is 5.91 Å². The lowest BCUT2D eigenvalue weighted by atomic mass is 10.0. The van der Waals surface area contributed by atoms with Crippen LogP contribution in [-0.2, 0) is 19.6 Å². The van der Waals surface area contributed by atoms with Gasteiger partial charge in [-0.3, -0.25) is 14.4 Å². The third-order valence-corrected chi connectivity index (χ3v) is 8.05. The molecule has 0 spiro atoms. The summed E-state index contributed by atoms with van der Waals surface area (Å²) in [6, 6.07) is 10.8. The maximum atomic E-state index is 13.1. The van der Waals surface area contributed by atoms with E-state index < -0.39 is 51.3 Å². The van der Waals surface area contributed by atoms with E-state index in [9.17, 15) is 28.0 Å². The second-order valence-corrected chi connectivity index (χ2v) is 11.1. The van der Waals surface area contributed by atoms with Crippen LogP contribution in [0.3, 0.4) is 0 Å². The summed E-state index contributed by atoms with van der Waals surface area (Å²) in [6.45, 7) is 3.04. The number of nitrogens with one attached hydrogen (secondary N) is 2.